The molecule has 0 bridgehead atoms. The minimum absolute atomic E-state index is 0.0239. The number of hydrogen-bond acceptors (Lipinski definition) is 4. The molecule has 2 rings (SSSR count). The van der Waals surface area contributed by atoms with E-state index in [1.807, 2.05) is 13.8 Å². The van der Waals surface area contributed by atoms with E-state index < -0.39 is 5.60 Å². The molecular formula is C16H24N2O2. The average molecular weight is 276 g/mol. The van der Waals surface area contributed by atoms with Gasteiger partial charge in [0.15, 0.2) is 11.6 Å². The highest BCUT2D eigenvalue weighted by Crippen LogP contribution is 2.35. The number of fused-ring (bicyclic) bond motifs is 1. The molecule has 0 spiro atoms. The van der Waals surface area contributed by atoms with Crippen LogP contribution in [0.25, 0.3) is 0 Å². The molecule has 110 valence electrons. The summed E-state index contributed by atoms with van der Waals surface area (Å²) in [5, 5.41) is 0. The van der Waals surface area contributed by atoms with Crippen LogP contribution in [-0.2, 0) is 16.8 Å². The first-order valence-corrected chi connectivity index (χ1v) is 7.35. The molecule has 0 amide bonds. The summed E-state index contributed by atoms with van der Waals surface area (Å²) in [6.45, 7) is 10.9. The SMILES string of the molecule is CCOC(C)(CC)c1ncc2c(n1)CC(C)(C)CC2=O. The van der Waals surface area contributed by atoms with Crippen LogP contribution < -0.4 is 0 Å². The van der Waals surface area contributed by atoms with Crippen LogP contribution in [0.4, 0.5) is 0 Å². The van der Waals surface area contributed by atoms with Crippen LogP contribution >= 0.6 is 0 Å². The predicted octanol–water partition coefficient (Wildman–Crippen LogP) is 3.29. The van der Waals surface area contributed by atoms with Crippen molar-refractivity contribution in [2.45, 2.75) is 59.5 Å². The topological polar surface area (TPSA) is 52.1 Å². The average Bonchev–Trinajstić information content (AvgIpc) is 2.36. The molecule has 1 aromatic heterocycles. The monoisotopic (exact) mass is 276 g/mol. The second kappa shape index (κ2) is 5.24. The number of ether oxygens (including phenoxy) is 1. The zero-order valence-electron chi connectivity index (χ0n) is 13.1. The van der Waals surface area contributed by atoms with Crippen molar-refractivity contribution in [2.24, 2.45) is 5.41 Å². The highest BCUT2D eigenvalue weighted by atomic mass is 16.5. The fourth-order valence-electron chi connectivity index (χ4n) is 2.73. The van der Waals surface area contributed by atoms with Gasteiger partial charge in [0.05, 0.1) is 11.3 Å². The molecule has 0 saturated heterocycles. The smallest absolute Gasteiger partial charge is 0.166 e. The number of nitrogens with zero attached hydrogens (tertiary/aromatic N) is 2. The first kappa shape index (κ1) is 15.1. The number of aromatic nitrogens is 2. The van der Waals surface area contributed by atoms with Crippen molar-refractivity contribution in [3.63, 3.8) is 0 Å². The lowest BCUT2D eigenvalue weighted by molar-refractivity contribution is -0.0393. The Bertz CT molecular complexity index is 525. The largest absolute Gasteiger partial charge is 0.368 e. The Labute approximate surface area is 121 Å². The van der Waals surface area contributed by atoms with Gasteiger partial charge in [-0.1, -0.05) is 20.8 Å². The highest BCUT2D eigenvalue weighted by molar-refractivity contribution is 5.98. The Kier molecular flexibility index (Phi) is 3.96. The Morgan fingerprint density at radius 3 is 2.65 bits per heavy atom. The van der Waals surface area contributed by atoms with E-state index in [1.165, 1.54) is 0 Å². The van der Waals surface area contributed by atoms with Crippen LogP contribution in [0.3, 0.4) is 0 Å². The maximum atomic E-state index is 12.1. The van der Waals surface area contributed by atoms with Crippen molar-refractivity contribution in [2.75, 3.05) is 6.61 Å². The van der Waals surface area contributed by atoms with Crippen LogP contribution in [0.2, 0.25) is 0 Å². The lowest BCUT2D eigenvalue weighted by Crippen LogP contribution is -2.32. The van der Waals surface area contributed by atoms with Crippen molar-refractivity contribution in [1.29, 1.82) is 0 Å². The van der Waals surface area contributed by atoms with Gasteiger partial charge < -0.3 is 4.74 Å². The second-order valence-corrected chi connectivity index (χ2v) is 6.51. The molecule has 1 aliphatic carbocycles. The van der Waals surface area contributed by atoms with Gasteiger partial charge in [0.1, 0.15) is 5.60 Å². The molecule has 0 saturated carbocycles. The van der Waals surface area contributed by atoms with E-state index in [4.69, 9.17) is 4.74 Å². The number of ketones is 1. The molecule has 1 atom stereocenters. The number of hydrogen-bond donors (Lipinski definition) is 0. The number of rotatable bonds is 4. The van der Waals surface area contributed by atoms with Crippen LogP contribution in [0.15, 0.2) is 6.20 Å². The maximum Gasteiger partial charge on any atom is 0.166 e. The molecule has 1 unspecified atom stereocenters. The summed E-state index contributed by atoms with van der Waals surface area (Å²) < 4.78 is 5.82. The number of carbonyl (C=O) groups is 1. The third-order valence-electron chi connectivity index (χ3n) is 4.06. The van der Waals surface area contributed by atoms with E-state index in [-0.39, 0.29) is 11.2 Å². The van der Waals surface area contributed by atoms with Crippen LogP contribution in [0.1, 0.15) is 69.3 Å². The van der Waals surface area contributed by atoms with Gasteiger partial charge in [-0.05, 0) is 32.1 Å². The van der Waals surface area contributed by atoms with Gasteiger partial charge in [-0.25, -0.2) is 9.97 Å². The summed E-state index contributed by atoms with van der Waals surface area (Å²) >= 11 is 0. The first-order valence-electron chi connectivity index (χ1n) is 7.35. The summed E-state index contributed by atoms with van der Waals surface area (Å²) in [6.07, 6.45) is 3.87. The van der Waals surface area contributed by atoms with E-state index in [1.54, 1.807) is 6.20 Å². The van der Waals surface area contributed by atoms with Crippen molar-refractivity contribution < 1.29 is 9.53 Å². The summed E-state index contributed by atoms with van der Waals surface area (Å²) in [7, 11) is 0. The molecule has 1 aliphatic rings. The molecule has 0 N–H and O–H groups in total. The molecule has 1 heterocycles. The van der Waals surface area contributed by atoms with Gasteiger partial charge in [0, 0.05) is 19.2 Å². The van der Waals surface area contributed by atoms with E-state index in [0.29, 0.717) is 24.4 Å². The number of carbonyl (C=O) groups excluding carboxylic acids is 1. The zero-order chi connectivity index (χ0) is 15.0. The Balaban J connectivity index is 2.43. The molecule has 4 nitrogen and oxygen atoms in total. The van der Waals surface area contributed by atoms with E-state index >= 15 is 0 Å². The molecular weight excluding hydrogens is 252 g/mol. The lowest BCUT2D eigenvalue weighted by atomic mass is 9.76. The van der Waals surface area contributed by atoms with Crippen molar-refractivity contribution >= 4 is 5.78 Å². The van der Waals surface area contributed by atoms with Crippen LogP contribution in [-0.4, -0.2) is 22.4 Å². The fourth-order valence-corrected chi connectivity index (χ4v) is 2.73. The molecule has 0 aliphatic heterocycles. The Hall–Kier alpha value is -1.29. The fraction of sp³-hybridized carbons (Fsp3) is 0.688. The van der Waals surface area contributed by atoms with Gasteiger partial charge in [-0.3, -0.25) is 4.79 Å². The quantitative estimate of drug-likeness (QED) is 0.846. The molecule has 4 heteroatoms. The molecule has 0 radical (unpaired) electrons. The third kappa shape index (κ3) is 2.75. The van der Waals surface area contributed by atoms with Gasteiger partial charge in [-0.15, -0.1) is 0 Å². The normalized spacial score (nSPS) is 20.4. The number of Topliss-reactive ketones (excluding diaryl/α,β-unsaturated/α-hetero) is 1. The van der Waals surface area contributed by atoms with Gasteiger partial charge in [-0.2, -0.15) is 0 Å². The summed E-state index contributed by atoms with van der Waals surface area (Å²) in [6, 6.07) is 0. The summed E-state index contributed by atoms with van der Waals surface area (Å²) in [5.41, 5.74) is 1.05. The minimum Gasteiger partial charge on any atom is -0.368 e. The van der Waals surface area contributed by atoms with Crippen LogP contribution in [0.5, 0.6) is 0 Å². The van der Waals surface area contributed by atoms with Crippen molar-refractivity contribution in [3.05, 3.63) is 23.3 Å². The maximum absolute atomic E-state index is 12.1. The Morgan fingerprint density at radius 1 is 1.35 bits per heavy atom. The van der Waals surface area contributed by atoms with E-state index in [9.17, 15) is 4.79 Å². The molecule has 0 aromatic carbocycles. The minimum atomic E-state index is -0.478. The summed E-state index contributed by atoms with van der Waals surface area (Å²) in [4.78, 5) is 21.2. The van der Waals surface area contributed by atoms with Gasteiger partial charge >= 0.3 is 0 Å². The van der Waals surface area contributed by atoms with Crippen LogP contribution in [0, 0.1) is 5.41 Å². The van der Waals surface area contributed by atoms with Gasteiger partial charge in [0.2, 0.25) is 0 Å². The standard InChI is InChI=1S/C16H24N2O2/c1-6-16(5,20-7-2)14-17-10-11-12(18-14)8-15(3,4)9-13(11)19/h10H,6-9H2,1-5H3. The predicted molar refractivity (Wildman–Crippen MR) is 77.7 cm³/mol. The van der Waals surface area contributed by atoms with Crippen molar-refractivity contribution in [3.8, 4) is 0 Å². The van der Waals surface area contributed by atoms with Gasteiger partial charge in [0.25, 0.3) is 0 Å². The molecule has 20 heavy (non-hydrogen) atoms. The zero-order valence-corrected chi connectivity index (χ0v) is 13.1. The summed E-state index contributed by atoms with van der Waals surface area (Å²) in [5.74, 6) is 0.837. The first-order chi connectivity index (χ1) is 9.31. The second-order valence-electron chi connectivity index (χ2n) is 6.51. The third-order valence-corrected chi connectivity index (χ3v) is 4.06. The highest BCUT2D eigenvalue weighted by Gasteiger charge is 2.35. The lowest BCUT2D eigenvalue weighted by Gasteiger charge is -2.31. The molecule has 0 fully saturated rings. The van der Waals surface area contributed by atoms with E-state index in [0.717, 1.165) is 18.5 Å². The van der Waals surface area contributed by atoms with E-state index in [2.05, 4.69) is 30.7 Å². The Morgan fingerprint density at radius 2 is 2.05 bits per heavy atom. The van der Waals surface area contributed by atoms with Crippen molar-refractivity contribution in [1.82, 2.24) is 9.97 Å². The molecule has 1 aromatic rings.